The molecule has 5 nitrogen and oxygen atoms in total. The molecule has 1 unspecified atom stereocenters. The fourth-order valence-corrected chi connectivity index (χ4v) is 2.57. The third-order valence-electron chi connectivity index (χ3n) is 3.91. The standard InChI is InChI=1S/C22H27NO4/c1-16(2)27-20-13-11-19(12-14-20)22(25)26-15-21(24)23-17(3)9-10-18-7-5-4-6-8-18/h4-8,11-14,16-17H,9-10,15H2,1-3H3,(H,23,24). The van der Waals surface area contributed by atoms with Gasteiger partial charge in [0.2, 0.25) is 0 Å². The Morgan fingerprint density at radius 3 is 2.26 bits per heavy atom. The van der Waals surface area contributed by atoms with E-state index in [4.69, 9.17) is 9.47 Å². The average molecular weight is 369 g/mol. The van der Waals surface area contributed by atoms with Gasteiger partial charge in [-0.2, -0.15) is 0 Å². The number of amides is 1. The van der Waals surface area contributed by atoms with E-state index in [-0.39, 0.29) is 24.7 Å². The van der Waals surface area contributed by atoms with Crippen LogP contribution in [-0.2, 0) is 16.0 Å². The van der Waals surface area contributed by atoms with Gasteiger partial charge in [-0.1, -0.05) is 30.3 Å². The quantitative estimate of drug-likeness (QED) is 0.684. The maximum Gasteiger partial charge on any atom is 0.338 e. The summed E-state index contributed by atoms with van der Waals surface area (Å²) in [5, 5.41) is 2.85. The van der Waals surface area contributed by atoms with E-state index in [0.29, 0.717) is 11.3 Å². The smallest absolute Gasteiger partial charge is 0.338 e. The van der Waals surface area contributed by atoms with Gasteiger partial charge in [0.1, 0.15) is 5.75 Å². The molecule has 0 aromatic heterocycles. The van der Waals surface area contributed by atoms with Crippen molar-refractivity contribution in [1.82, 2.24) is 5.32 Å². The average Bonchev–Trinajstić information content (AvgIpc) is 2.65. The van der Waals surface area contributed by atoms with Gasteiger partial charge in [-0.15, -0.1) is 0 Å². The summed E-state index contributed by atoms with van der Waals surface area (Å²) < 4.78 is 10.6. The summed E-state index contributed by atoms with van der Waals surface area (Å²) in [5.74, 6) is -0.145. The van der Waals surface area contributed by atoms with Crippen molar-refractivity contribution >= 4 is 11.9 Å². The van der Waals surface area contributed by atoms with Gasteiger partial charge in [-0.25, -0.2) is 4.79 Å². The molecule has 2 aromatic rings. The van der Waals surface area contributed by atoms with Crippen LogP contribution in [0.5, 0.6) is 5.75 Å². The Bertz CT molecular complexity index is 726. The lowest BCUT2D eigenvalue weighted by Gasteiger charge is -2.14. The largest absolute Gasteiger partial charge is 0.491 e. The summed E-state index contributed by atoms with van der Waals surface area (Å²) in [6, 6.07) is 16.8. The molecule has 27 heavy (non-hydrogen) atoms. The maximum atomic E-state index is 12.0. The number of nitrogens with one attached hydrogen (secondary N) is 1. The number of benzene rings is 2. The predicted molar refractivity (Wildman–Crippen MR) is 105 cm³/mol. The number of hydrogen-bond acceptors (Lipinski definition) is 4. The van der Waals surface area contributed by atoms with Crippen LogP contribution in [0.1, 0.15) is 43.1 Å². The number of carbonyl (C=O) groups is 2. The Labute approximate surface area is 160 Å². The molecule has 1 N–H and O–H groups in total. The fraction of sp³-hybridized carbons (Fsp3) is 0.364. The molecule has 0 heterocycles. The molecule has 0 radical (unpaired) electrons. The molecule has 1 amide bonds. The monoisotopic (exact) mass is 369 g/mol. The molecular formula is C22H27NO4. The molecule has 144 valence electrons. The van der Waals surface area contributed by atoms with Crippen molar-refractivity contribution < 1.29 is 19.1 Å². The molecule has 0 bridgehead atoms. The summed E-state index contributed by atoms with van der Waals surface area (Å²) in [6.45, 7) is 5.51. The molecule has 0 aliphatic carbocycles. The van der Waals surface area contributed by atoms with E-state index >= 15 is 0 Å². The normalized spacial score (nSPS) is 11.7. The molecule has 0 spiro atoms. The molecule has 0 saturated carbocycles. The van der Waals surface area contributed by atoms with Crippen LogP contribution < -0.4 is 10.1 Å². The molecular weight excluding hydrogens is 342 g/mol. The van der Waals surface area contributed by atoms with Gasteiger partial charge in [0, 0.05) is 6.04 Å². The Morgan fingerprint density at radius 2 is 1.63 bits per heavy atom. The minimum atomic E-state index is -0.529. The molecule has 0 aliphatic rings. The van der Waals surface area contributed by atoms with Crippen LogP contribution in [0.2, 0.25) is 0 Å². The molecule has 0 saturated heterocycles. The van der Waals surface area contributed by atoms with Crippen LogP contribution in [-0.4, -0.2) is 30.6 Å². The minimum absolute atomic E-state index is 0.00359. The Balaban J connectivity index is 1.71. The maximum absolute atomic E-state index is 12.0. The highest BCUT2D eigenvalue weighted by molar-refractivity contribution is 5.91. The highest BCUT2D eigenvalue weighted by atomic mass is 16.5. The fourth-order valence-electron chi connectivity index (χ4n) is 2.57. The summed E-state index contributed by atoms with van der Waals surface area (Å²) in [4.78, 5) is 24.0. The number of esters is 1. The Hall–Kier alpha value is -2.82. The summed E-state index contributed by atoms with van der Waals surface area (Å²) in [7, 11) is 0. The predicted octanol–water partition coefficient (Wildman–Crippen LogP) is 3.77. The van der Waals surface area contributed by atoms with Gasteiger partial charge in [0.15, 0.2) is 6.61 Å². The van der Waals surface area contributed by atoms with Crippen LogP contribution in [0, 0.1) is 0 Å². The lowest BCUT2D eigenvalue weighted by molar-refractivity contribution is -0.124. The molecule has 5 heteroatoms. The zero-order valence-corrected chi connectivity index (χ0v) is 16.1. The van der Waals surface area contributed by atoms with Gasteiger partial charge >= 0.3 is 5.97 Å². The summed E-state index contributed by atoms with van der Waals surface area (Å²) in [6.07, 6.45) is 1.77. The molecule has 2 aromatic carbocycles. The first-order valence-corrected chi connectivity index (χ1v) is 9.21. The zero-order valence-electron chi connectivity index (χ0n) is 16.1. The summed E-state index contributed by atoms with van der Waals surface area (Å²) >= 11 is 0. The van der Waals surface area contributed by atoms with Crippen molar-refractivity contribution in [3.63, 3.8) is 0 Å². The highest BCUT2D eigenvalue weighted by Crippen LogP contribution is 2.14. The van der Waals surface area contributed by atoms with E-state index in [1.54, 1.807) is 24.3 Å². The first-order chi connectivity index (χ1) is 12.9. The van der Waals surface area contributed by atoms with Gasteiger partial charge in [0.25, 0.3) is 5.91 Å². The lowest BCUT2D eigenvalue weighted by Crippen LogP contribution is -2.36. The third-order valence-corrected chi connectivity index (χ3v) is 3.91. The third kappa shape index (κ3) is 7.52. The Morgan fingerprint density at radius 1 is 0.963 bits per heavy atom. The zero-order chi connectivity index (χ0) is 19.6. The summed E-state index contributed by atoms with van der Waals surface area (Å²) in [5.41, 5.74) is 1.62. The van der Waals surface area contributed by atoms with Crippen LogP contribution in [0.25, 0.3) is 0 Å². The van der Waals surface area contributed by atoms with Gasteiger partial charge in [-0.3, -0.25) is 4.79 Å². The van der Waals surface area contributed by atoms with Gasteiger partial charge in [0.05, 0.1) is 11.7 Å². The van der Waals surface area contributed by atoms with E-state index < -0.39 is 5.97 Å². The van der Waals surface area contributed by atoms with Crippen LogP contribution in [0.15, 0.2) is 54.6 Å². The van der Waals surface area contributed by atoms with E-state index in [0.717, 1.165) is 12.8 Å². The van der Waals surface area contributed by atoms with Crippen molar-refractivity contribution in [2.24, 2.45) is 0 Å². The molecule has 1 atom stereocenters. The number of carbonyl (C=O) groups excluding carboxylic acids is 2. The van der Waals surface area contributed by atoms with Crippen molar-refractivity contribution in [3.8, 4) is 5.75 Å². The van der Waals surface area contributed by atoms with Crippen molar-refractivity contribution in [1.29, 1.82) is 0 Å². The van der Waals surface area contributed by atoms with Crippen LogP contribution in [0.4, 0.5) is 0 Å². The first-order valence-electron chi connectivity index (χ1n) is 9.21. The second-order valence-electron chi connectivity index (χ2n) is 6.76. The SMILES string of the molecule is CC(CCc1ccccc1)NC(=O)COC(=O)c1ccc(OC(C)C)cc1. The van der Waals surface area contributed by atoms with Gasteiger partial charge in [-0.05, 0) is 63.4 Å². The van der Waals surface area contributed by atoms with E-state index in [2.05, 4.69) is 17.4 Å². The van der Waals surface area contributed by atoms with E-state index in [9.17, 15) is 9.59 Å². The topological polar surface area (TPSA) is 64.6 Å². The minimum Gasteiger partial charge on any atom is -0.491 e. The van der Waals surface area contributed by atoms with Crippen molar-refractivity contribution in [3.05, 3.63) is 65.7 Å². The van der Waals surface area contributed by atoms with Gasteiger partial charge < -0.3 is 14.8 Å². The van der Waals surface area contributed by atoms with Crippen molar-refractivity contribution in [2.75, 3.05) is 6.61 Å². The molecule has 2 rings (SSSR count). The van der Waals surface area contributed by atoms with E-state index in [1.807, 2.05) is 39.0 Å². The number of hydrogen-bond donors (Lipinski definition) is 1. The number of ether oxygens (including phenoxy) is 2. The van der Waals surface area contributed by atoms with Crippen LogP contribution in [0.3, 0.4) is 0 Å². The van der Waals surface area contributed by atoms with E-state index in [1.165, 1.54) is 5.56 Å². The number of rotatable bonds is 9. The van der Waals surface area contributed by atoms with Crippen LogP contribution >= 0.6 is 0 Å². The highest BCUT2D eigenvalue weighted by Gasteiger charge is 2.12. The second kappa shape index (κ2) is 10.4. The second-order valence-corrected chi connectivity index (χ2v) is 6.76. The molecule has 0 fully saturated rings. The lowest BCUT2D eigenvalue weighted by atomic mass is 10.1. The van der Waals surface area contributed by atoms with Crippen molar-refractivity contribution in [2.45, 2.75) is 45.8 Å². The first kappa shape index (κ1) is 20.5. The molecule has 0 aliphatic heterocycles. The Kier molecular flexibility index (Phi) is 7.86. The number of aryl methyl sites for hydroxylation is 1.